The molecule has 4 rings (SSSR count). The Bertz CT molecular complexity index is 1250. The van der Waals surface area contributed by atoms with Crippen molar-refractivity contribution in [2.75, 3.05) is 7.05 Å². The van der Waals surface area contributed by atoms with Crippen LogP contribution in [0.3, 0.4) is 0 Å². The minimum Gasteiger partial charge on any atom is -0.292 e. The fourth-order valence-corrected chi connectivity index (χ4v) is 5.05. The molecule has 0 spiro atoms. The highest BCUT2D eigenvalue weighted by molar-refractivity contribution is 7.89. The maximum atomic E-state index is 13.2. The van der Waals surface area contributed by atoms with Gasteiger partial charge in [-0.15, -0.1) is 0 Å². The number of hydrogen-bond donors (Lipinski definition) is 0. The second kappa shape index (κ2) is 7.02. The first-order valence-electron chi connectivity index (χ1n) is 9.00. The Hall–Kier alpha value is -3.16. The second-order valence-electron chi connectivity index (χ2n) is 6.87. The van der Waals surface area contributed by atoms with Gasteiger partial charge in [-0.05, 0) is 36.8 Å². The van der Waals surface area contributed by atoms with Crippen LogP contribution in [0.4, 0.5) is 0 Å². The first kappa shape index (κ1) is 19.2. The topological polar surface area (TPSA) is 84.4 Å². The van der Waals surface area contributed by atoms with Crippen LogP contribution in [0.5, 0.6) is 0 Å². The zero-order chi connectivity index (χ0) is 20.8. The van der Waals surface area contributed by atoms with Gasteiger partial charge in [0.2, 0.25) is 10.0 Å². The van der Waals surface area contributed by atoms with Crippen molar-refractivity contribution in [2.24, 2.45) is 0 Å². The molecule has 1 aliphatic rings. The minimum atomic E-state index is -3.94. The predicted molar refractivity (Wildman–Crippen MR) is 108 cm³/mol. The maximum absolute atomic E-state index is 13.2. The summed E-state index contributed by atoms with van der Waals surface area (Å²) in [5.41, 5.74) is 2.76. The summed E-state index contributed by atoms with van der Waals surface area (Å²) in [7, 11) is -2.68. The molecular weight excluding hydrogens is 388 g/mol. The number of aryl methyl sites for hydroxylation is 1. The van der Waals surface area contributed by atoms with Crippen LogP contribution >= 0.6 is 0 Å². The third kappa shape index (κ3) is 3.08. The molecule has 6 nitrogen and oxygen atoms in total. The van der Waals surface area contributed by atoms with Crippen molar-refractivity contribution in [3.8, 4) is 11.1 Å². The van der Waals surface area contributed by atoms with Gasteiger partial charge in [0.05, 0.1) is 4.90 Å². The Balaban J connectivity index is 1.79. The molecule has 0 N–H and O–H groups in total. The summed E-state index contributed by atoms with van der Waals surface area (Å²) in [6, 6.07) is 15.0. The number of sulfonamides is 1. The van der Waals surface area contributed by atoms with Crippen molar-refractivity contribution in [1.82, 2.24) is 9.29 Å². The number of carbonyl (C=O) groups is 2. The Morgan fingerprint density at radius 3 is 2.48 bits per heavy atom. The zero-order valence-corrected chi connectivity index (χ0v) is 16.7. The Kier molecular flexibility index (Phi) is 4.64. The van der Waals surface area contributed by atoms with Gasteiger partial charge in [0, 0.05) is 35.6 Å². The van der Waals surface area contributed by atoms with Crippen molar-refractivity contribution in [3.05, 3.63) is 83.7 Å². The number of nitrogens with zero attached hydrogens (tertiary/aromatic N) is 2. The molecule has 3 aromatic rings. The summed E-state index contributed by atoms with van der Waals surface area (Å²) in [5.74, 6) is -1.08. The third-order valence-corrected chi connectivity index (χ3v) is 7.02. The van der Waals surface area contributed by atoms with Crippen LogP contribution in [-0.4, -0.2) is 42.4 Å². The van der Waals surface area contributed by atoms with Crippen LogP contribution in [0.2, 0.25) is 0 Å². The fourth-order valence-electron chi connectivity index (χ4n) is 3.57. The molecule has 1 atom stereocenters. The van der Waals surface area contributed by atoms with Crippen molar-refractivity contribution in [1.29, 1.82) is 0 Å². The molecule has 2 heterocycles. The van der Waals surface area contributed by atoms with Crippen LogP contribution in [0.15, 0.2) is 71.8 Å². The molecule has 0 bridgehead atoms. The van der Waals surface area contributed by atoms with E-state index in [0.717, 1.165) is 21.1 Å². The molecule has 1 unspecified atom stereocenters. The number of rotatable bonds is 3. The van der Waals surface area contributed by atoms with Gasteiger partial charge in [0.15, 0.2) is 17.6 Å². The predicted octanol–water partition coefficient (Wildman–Crippen LogP) is 3.13. The van der Waals surface area contributed by atoms with E-state index in [1.807, 2.05) is 19.1 Å². The lowest BCUT2D eigenvalue weighted by atomic mass is 9.94. The number of pyridine rings is 1. The summed E-state index contributed by atoms with van der Waals surface area (Å²) in [6.45, 7) is 1.87. The van der Waals surface area contributed by atoms with Crippen molar-refractivity contribution in [2.45, 2.75) is 17.9 Å². The highest BCUT2D eigenvalue weighted by Gasteiger charge is 2.45. The van der Waals surface area contributed by atoms with E-state index in [9.17, 15) is 18.0 Å². The number of benzene rings is 2. The number of ketones is 2. The van der Waals surface area contributed by atoms with Gasteiger partial charge >= 0.3 is 0 Å². The van der Waals surface area contributed by atoms with E-state index in [4.69, 9.17) is 0 Å². The van der Waals surface area contributed by atoms with E-state index in [2.05, 4.69) is 4.98 Å². The lowest BCUT2D eigenvalue weighted by molar-refractivity contribution is 0.0784. The quantitative estimate of drug-likeness (QED) is 0.493. The molecule has 146 valence electrons. The van der Waals surface area contributed by atoms with Crippen LogP contribution in [-0.2, 0) is 10.0 Å². The molecule has 29 heavy (non-hydrogen) atoms. The molecule has 0 radical (unpaired) electrons. The SMILES string of the molecule is Cc1ncccc1-c1cccc(C(=O)C2C(=O)c3ccccc3S(=O)(=O)N2C)c1. The van der Waals surface area contributed by atoms with E-state index >= 15 is 0 Å². The summed E-state index contributed by atoms with van der Waals surface area (Å²) in [4.78, 5) is 30.4. The normalized spacial score (nSPS) is 18.3. The van der Waals surface area contributed by atoms with Gasteiger partial charge < -0.3 is 0 Å². The molecule has 7 heteroatoms. The van der Waals surface area contributed by atoms with Gasteiger partial charge in [0.1, 0.15) is 0 Å². The highest BCUT2D eigenvalue weighted by atomic mass is 32.2. The number of carbonyl (C=O) groups excluding carboxylic acids is 2. The average molecular weight is 406 g/mol. The lowest BCUT2D eigenvalue weighted by Crippen LogP contribution is -2.51. The van der Waals surface area contributed by atoms with Gasteiger partial charge in [-0.25, -0.2) is 8.42 Å². The average Bonchev–Trinajstić information content (AvgIpc) is 2.73. The molecule has 1 aliphatic heterocycles. The Morgan fingerprint density at radius 2 is 1.72 bits per heavy atom. The van der Waals surface area contributed by atoms with Crippen LogP contribution < -0.4 is 0 Å². The summed E-state index contributed by atoms with van der Waals surface area (Å²) < 4.78 is 26.5. The number of hydrogen-bond acceptors (Lipinski definition) is 5. The zero-order valence-electron chi connectivity index (χ0n) is 15.9. The number of fused-ring (bicyclic) bond motifs is 1. The van der Waals surface area contributed by atoms with Crippen molar-refractivity contribution < 1.29 is 18.0 Å². The summed E-state index contributed by atoms with van der Waals surface area (Å²) in [5, 5.41) is 0. The van der Waals surface area contributed by atoms with Crippen LogP contribution in [0.25, 0.3) is 11.1 Å². The monoisotopic (exact) mass is 406 g/mol. The van der Waals surface area contributed by atoms with Crippen LogP contribution in [0, 0.1) is 6.92 Å². The molecule has 0 amide bonds. The van der Waals surface area contributed by atoms with E-state index in [1.54, 1.807) is 42.6 Å². The standard InChI is InChI=1S/C22H18N2O4S/c1-14-17(10-6-12-23-14)15-7-5-8-16(13-15)21(25)20-22(26)18-9-3-4-11-19(18)29(27,28)24(20)2/h3-13,20H,1-2H3. The second-order valence-corrected chi connectivity index (χ2v) is 8.83. The van der Waals surface area contributed by atoms with Gasteiger partial charge in [0.25, 0.3) is 0 Å². The molecule has 0 saturated carbocycles. The Morgan fingerprint density at radius 1 is 1.00 bits per heavy atom. The summed E-state index contributed by atoms with van der Waals surface area (Å²) >= 11 is 0. The van der Waals surface area contributed by atoms with Crippen molar-refractivity contribution in [3.63, 3.8) is 0 Å². The van der Waals surface area contributed by atoms with Crippen molar-refractivity contribution >= 4 is 21.6 Å². The molecule has 0 aliphatic carbocycles. The lowest BCUT2D eigenvalue weighted by Gasteiger charge is -2.31. The van der Waals surface area contributed by atoms with Crippen LogP contribution in [0.1, 0.15) is 26.4 Å². The number of Topliss-reactive ketones (excluding diaryl/α,β-unsaturated/α-hetero) is 2. The molecule has 1 aromatic heterocycles. The van der Waals surface area contributed by atoms with E-state index in [-0.39, 0.29) is 16.0 Å². The van der Waals surface area contributed by atoms with Gasteiger partial charge in [-0.3, -0.25) is 14.6 Å². The maximum Gasteiger partial charge on any atom is 0.244 e. The van der Waals surface area contributed by atoms with Gasteiger partial charge in [-0.2, -0.15) is 4.31 Å². The smallest absolute Gasteiger partial charge is 0.244 e. The first-order chi connectivity index (χ1) is 13.8. The number of likely N-dealkylation sites (N-methyl/N-ethyl adjacent to an activating group) is 1. The molecule has 2 aromatic carbocycles. The first-order valence-corrected chi connectivity index (χ1v) is 10.4. The molecular formula is C22H18N2O4S. The minimum absolute atomic E-state index is 0.0446. The Labute approximate surface area is 168 Å². The van der Waals surface area contributed by atoms with E-state index in [1.165, 1.54) is 19.2 Å². The highest BCUT2D eigenvalue weighted by Crippen LogP contribution is 2.31. The molecule has 0 fully saturated rings. The molecule has 0 saturated heterocycles. The fraction of sp³-hybridized carbons (Fsp3) is 0.136. The summed E-state index contributed by atoms with van der Waals surface area (Å²) in [6.07, 6.45) is 1.69. The largest absolute Gasteiger partial charge is 0.292 e. The van der Waals surface area contributed by atoms with E-state index in [0.29, 0.717) is 0 Å². The van der Waals surface area contributed by atoms with Gasteiger partial charge in [-0.1, -0.05) is 36.4 Å². The number of aromatic nitrogens is 1. The van der Waals surface area contributed by atoms with E-state index < -0.39 is 27.6 Å². The third-order valence-electron chi connectivity index (χ3n) is 5.13.